The normalized spacial score (nSPS) is 30.1. The van der Waals surface area contributed by atoms with E-state index >= 15 is 0 Å². The molecule has 4 atom stereocenters. The molecule has 5 heteroatoms. The molecule has 0 saturated carbocycles. The second kappa shape index (κ2) is 6.92. The van der Waals surface area contributed by atoms with Crippen LogP contribution in [0.3, 0.4) is 0 Å². The highest BCUT2D eigenvalue weighted by Gasteiger charge is 2.42. The van der Waals surface area contributed by atoms with Gasteiger partial charge in [-0.25, -0.2) is 4.39 Å². The molecule has 3 N–H and O–H groups in total. The maximum atomic E-state index is 12.9. The summed E-state index contributed by atoms with van der Waals surface area (Å²) >= 11 is 5.34. The molecule has 2 bridgehead atoms. The summed E-state index contributed by atoms with van der Waals surface area (Å²) in [5.74, 6) is 1.60. The Morgan fingerprint density at radius 1 is 1.36 bits per heavy atom. The van der Waals surface area contributed by atoms with Gasteiger partial charge < -0.3 is 15.5 Å². The van der Waals surface area contributed by atoms with Gasteiger partial charge in [-0.2, -0.15) is 0 Å². The lowest BCUT2D eigenvalue weighted by molar-refractivity contribution is -0.945. The number of anilines is 1. The van der Waals surface area contributed by atoms with E-state index in [0.29, 0.717) is 11.2 Å². The second-order valence-corrected chi connectivity index (χ2v) is 7.01. The molecule has 1 aromatic rings. The SMILES string of the molecule is CC[C@H]1C[NH+]2CC[C@H]1C[C@@H]2CNC(=S)Nc1ccc(F)cc1. The molecule has 3 heterocycles. The zero-order valence-corrected chi connectivity index (χ0v) is 13.9. The standard InChI is InChI=1S/C17H24FN3S/c1-2-12-11-21-8-7-13(12)9-16(21)10-19-17(22)20-15-5-3-14(18)4-6-15/h3-6,12-13,16H,2,7-11H2,1H3,(H2,19,20,22)/p+1/t12-,13-,16+/m0/s1. The number of thiocarbonyl (C=S) groups is 1. The fourth-order valence-electron chi connectivity index (χ4n) is 4.05. The third-order valence-electron chi connectivity index (χ3n) is 5.33. The number of benzene rings is 1. The number of fused-ring (bicyclic) bond motifs is 3. The molecule has 0 aliphatic carbocycles. The Morgan fingerprint density at radius 2 is 2.14 bits per heavy atom. The number of nitrogens with one attached hydrogen (secondary N) is 3. The lowest BCUT2D eigenvalue weighted by atomic mass is 9.74. The van der Waals surface area contributed by atoms with Gasteiger partial charge in [-0.05, 0) is 48.8 Å². The van der Waals surface area contributed by atoms with Crippen molar-refractivity contribution >= 4 is 23.0 Å². The zero-order valence-electron chi connectivity index (χ0n) is 13.1. The molecule has 22 heavy (non-hydrogen) atoms. The summed E-state index contributed by atoms with van der Waals surface area (Å²) in [5, 5.41) is 7.08. The van der Waals surface area contributed by atoms with Crippen molar-refractivity contribution in [2.45, 2.75) is 32.2 Å². The van der Waals surface area contributed by atoms with Crippen LogP contribution in [0.25, 0.3) is 0 Å². The molecule has 1 unspecified atom stereocenters. The van der Waals surface area contributed by atoms with Gasteiger partial charge in [-0.15, -0.1) is 0 Å². The van der Waals surface area contributed by atoms with Crippen LogP contribution in [0.2, 0.25) is 0 Å². The number of hydrogen-bond acceptors (Lipinski definition) is 1. The molecular formula is C17H25FN3S+. The summed E-state index contributed by atoms with van der Waals surface area (Å²) in [5.41, 5.74) is 0.822. The van der Waals surface area contributed by atoms with Gasteiger partial charge in [-0.1, -0.05) is 6.92 Å². The van der Waals surface area contributed by atoms with E-state index in [1.807, 2.05) is 0 Å². The second-order valence-electron chi connectivity index (χ2n) is 6.60. The number of quaternary nitrogens is 1. The first kappa shape index (κ1) is 15.7. The van der Waals surface area contributed by atoms with E-state index in [-0.39, 0.29) is 5.82 Å². The molecule has 3 aliphatic heterocycles. The van der Waals surface area contributed by atoms with E-state index in [0.717, 1.165) is 24.1 Å². The number of piperidine rings is 3. The number of halogens is 1. The Morgan fingerprint density at radius 3 is 2.77 bits per heavy atom. The maximum absolute atomic E-state index is 12.9. The van der Waals surface area contributed by atoms with Crippen molar-refractivity contribution in [3.05, 3.63) is 30.1 Å². The zero-order chi connectivity index (χ0) is 15.5. The third kappa shape index (κ3) is 3.58. The summed E-state index contributed by atoms with van der Waals surface area (Å²) in [6.07, 6.45) is 4.03. The van der Waals surface area contributed by atoms with Crippen molar-refractivity contribution in [3.8, 4) is 0 Å². The minimum Gasteiger partial charge on any atom is -0.356 e. The molecule has 3 fully saturated rings. The molecule has 3 nitrogen and oxygen atoms in total. The molecule has 0 aromatic heterocycles. The van der Waals surface area contributed by atoms with E-state index in [1.54, 1.807) is 17.0 Å². The van der Waals surface area contributed by atoms with E-state index in [1.165, 1.54) is 44.5 Å². The summed E-state index contributed by atoms with van der Waals surface area (Å²) in [7, 11) is 0. The largest absolute Gasteiger partial charge is 0.356 e. The van der Waals surface area contributed by atoms with Crippen LogP contribution in [-0.4, -0.2) is 30.8 Å². The monoisotopic (exact) mass is 322 g/mol. The van der Waals surface area contributed by atoms with Gasteiger partial charge in [0.05, 0.1) is 19.6 Å². The van der Waals surface area contributed by atoms with Gasteiger partial charge in [0, 0.05) is 24.4 Å². The fourth-order valence-corrected chi connectivity index (χ4v) is 4.26. The van der Waals surface area contributed by atoms with Crippen LogP contribution >= 0.6 is 12.2 Å². The van der Waals surface area contributed by atoms with Gasteiger partial charge in [-0.3, -0.25) is 0 Å². The quantitative estimate of drug-likeness (QED) is 0.739. The first-order valence-corrected chi connectivity index (χ1v) is 8.71. The van der Waals surface area contributed by atoms with E-state index in [9.17, 15) is 4.39 Å². The molecule has 0 amide bonds. The van der Waals surface area contributed by atoms with Gasteiger partial charge >= 0.3 is 0 Å². The van der Waals surface area contributed by atoms with Gasteiger partial charge in [0.2, 0.25) is 0 Å². The minimum atomic E-state index is -0.232. The first-order valence-electron chi connectivity index (χ1n) is 8.30. The van der Waals surface area contributed by atoms with Crippen LogP contribution in [0.1, 0.15) is 26.2 Å². The van der Waals surface area contributed by atoms with Gasteiger partial charge in [0.1, 0.15) is 11.9 Å². The Balaban J connectivity index is 1.47. The van der Waals surface area contributed by atoms with E-state index in [4.69, 9.17) is 12.2 Å². The van der Waals surface area contributed by atoms with E-state index in [2.05, 4.69) is 17.6 Å². The van der Waals surface area contributed by atoms with Crippen LogP contribution in [0.5, 0.6) is 0 Å². The summed E-state index contributed by atoms with van der Waals surface area (Å²) in [4.78, 5) is 1.74. The fraction of sp³-hybridized carbons (Fsp3) is 0.588. The molecule has 3 saturated heterocycles. The average Bonchev–Trinajstić information content (AvgIpc) is 2.55. The number of hydrogen-bond donors (Lipinski definition) is 3. The molecule has 120 valence electrons. The van der Waals surface area contributed by atoms with Crippen LogP contribution < -0.4 is 15.5 Å². The highest BCUT2D eigenvalue weighted by molar-refractivity contribution is 7.80. The average molecular weight is 322 g/mol. The van der Waals surface area contributed by atoms with Gasteiger partial charge in [0.15, 0.2) is 5.11 Å². The molecule has 1 aromatic carbocycles. The Hall–Kier alpha value is -1.20. The lowest BCUT2D eigenvalue weighted by Crippen LogP contribution is -3.20. The van der Waals surface area contributed by atoms with Crippen molar-refractivity contribution in [2.24, 2.45) is 11.8 Å². The van der Waals surface area contributed by atoms with Crippen molar-refractivity contribution in [1.82, 2.24) is 5.32 Å². The maximum Gasteiger partial charge on any atom is 0.170 e. The molecular weight excluding hydrogens is 297 g/mol. The van der Waals surface area contributed by atoms with Crippen LogP contribution in [0.4, 0.5) is 10.1 Å². The summed E-state index contributed by atoms with van der Waals surface area (Å²) in [6.45, 7) is 5.88. The topological polar surface area (TPSA) is 28.5 Å². The van der Waals surface area contributed by atoms with Crippen LogP contribution in [0.15, 0.2) is 24.3 Å². The summed E-state index contributed by atoms with van der Waals surface area (Å²) < 4.78 is 12.9. The minimum absolute atomic E-state index is 0.232. The molecule has 0 spiro atoms. The third-order valence-corrected chi connectivity index (χ3v) is 5.57. The van der Waals surface area contributed by atoms with Crippen molar-refractivity contribution < 1.29 is 9.29 Å². The summed E-state index contributed by atoms with van der Waals surface area (Å²) in [6, 6.07) is 6.95. The smallest absolute Gasteiger partial charge is 0.170 e. The molecule has 3 aliphatic rings. The predicted octanol–water partition coefficient (Wildman–Crippen LogP) is 1.82. The van der Waals surface area contributed by atoms with Gasteiger partial charge in [0.25, 0.3) is 0 Å². The molecule has 4 rings (SSSR count). The van der Waals surface area contributed by atoms with Crippen molar-refractivity contribution in [3.63, 3.8) is 0 Å². The highest BCUT2D eigenvalue weighted by Crippen LogP contribution is 2.28. The Kier molecular flexibility index (Phi) is 4.93. The Bertz CT molecular complexity index is 519. The number of rotatable bonds is 4. The first-order chi connectivity index (χ1) is 10.7. The van der Waals surface area contributed by atoms with E-state index < -0.39 is 0 Å². The van der Waals surface area contributed by atoms with Crippen molar-refractivity contribution in [2.75, 3.05) is 25.0 Å². The van der Waals surface area contributed by atoms with Crippen LogP contribution in [-0.2, 0) is 0 Å². The highest BCUT2D eigenvalue weighted by atomic mass is 32.1. The molecule has 0 radical (unpaired) electrons. The Labute approximate surface area is 137 Å². The van der Waals surface area contributed by atoms with Crippen LogP contribution in [0, 0.1) is 17.7 Å². The lowest BCUT2D eigenvalue weighted by Gasteiger charge is -2.46. The predicted molar refractivity (Wildman–Crippen MR) is 91.6 cm³/mol. The van der Waals surface area contributed by atoms with Crippen molar-refractivity contribution in [1.29, 1.82) is 0 Å².